The Morgan fingerprint density at radius 2 is 2.08 bits per heavy atom. The second-order valence-corrected chi connectivity index (χ2v) is 9.01. The van der Waals surface area contributed by atoms with Crippen LogP contribution in [0, 0.1) is 5.82 Å². The molecular weight excluding hydrogens is 457 g/mol. The van der Waals surface area contributed by atoms with Gasteiger partial charge in [0.15, 0.2) is 0 Å². The van der Waals surface area contributed by atoms with Gasteiger partial charge in [0.25, 0.3) is 0 Å². The maximum Gasteiger partial charge on any atom is 0.247 e. The molecule has 9 heteroatoms. The van der Waals surface area contributed by atoms with E-state index in [2.05, 4.69) is 44.1 Å². The fourth-order valence-electron chi connectivity index (χ4n) is 4.58. The molecule has 0 radical (unpaired) electrons. The monoisotopic (exact) mass is 485 g/mol. The zero-order chi connectivity index (χ0) is 25.2. The SMILES string of the molecule is C=CC(=O)Nc1cc(Nc2ncc3ccc(-c4cccc(F)c4)n3n2)ccc1N(C)C1CCN(C)C1. The first kappa shape index (κ1) is 23.5. The van der Waals surface area contributed by atoms with E-state index in [-0.39, 0.29) is 11.7 Å². The highest BCUT2D eigenvalue weighted by Gasteiger charge is 2.25. The highest BCUT2D eigenvalue weighted by molar-refractivity contribution is 6.01. The lowest BCUT2D eigenvalue weighted by molar-refractivity contribution is -0.111. The van der Waals surface area contributed by atoms with Crippen LogP contribution in [-0.4, -0.2) is 58.6 Å². The van der Waals surface area contributed by atoms with E-state index in [1.165, 1.54) is 18.2 Å². The molecular formula is C27H28FN7O. The van der Waals surface area contributed by atoms with Crippen molar-refractivity contribution in [2.75, 3.05) is 42.7 Å². The normalized spacial score (nSPS) is 15.7. The summed E-state index contributed by atoms with van der Waals surface area (Å²) in [6.45, 7) is 5.58. The van der Waals surface area contributed by atoms with Crippen LogP contribution in [0.15, 0.2) is 73.4 Å². The van der Waals surface area contributed by atoms with Crippen LogP contribution in [0.4, 0.5) is 27.4 Å². The zero-order valence-electron chi connectivity index (χ0n) is 20.3. The Morgan fingerprint density at radius 3 is 2.83 bits per heavy atom. The first-order chi connectivity index (χ1) is 17.4. The number of nitrogens with one attached hydrogen (secondary N) is 2. The number of likely N-dealkylation sites (tertiary alicyclic amines) is 1. The number of halogens is 1. The summed E-state index contributed by atoms with van der Waals surface area (Å²) >= 11 is 0. The summed E-state index contributed by atoms with van der Waals surface area (Å²) in [6.07, 6.45) is 4.02. The number of carbonyl (C=O) groups is 1. The van der Waals surface area contributed by atoms with Crippen LogP contribution in [0.25, 0.3) is 16.8 Å². The Labute approximate surface area is 209 Å². The first-order valence-corrected chi connectivity index (χ1v) is 11.8. The quantitative estimate of drug-likeness (QED) is 0.374. The molecule has 0 bridgehead atoms. The third-order valence-electron chi connectivity index (χ3n) is 6.51. The lowest BCUT2D eigenvalue weighted by Crippen LogP contribution is -2.34. The van der Waals surface area contributed by atoms with Crippen LogP contribution >= 0.6 is 0 Å². The predicted octanol–water partition coefficient (Wildman–Crippen LogP) is 4.54. The molecule has 1 aliphatic heterocycles. The van der Waals surface area contributed by atoms with E-state index in [1.807, 2.05) is 43.4 Å². The summed E-state index contributed by atoms with van der Waals surface area (Å²) in [5, 5.41) is 10.8. The van der Waals surface area contributed by atoms with Gasteiger partial charge in [-0.25, -0.2) is 13.9 Å². The largest absolute Gasteiger partial charge is 0.369 e. The number of hydrogen-bond acceptors (Lipinski definition) is 6. The van der Waals surface area contributed by atoms with Crippen LogP contribution in [0.1, 0.15) is 6.42 Å². The van der Waals surface area contributed by atoms with Crippen molar-refractivity contribution in [2.24, 2.45) is 0 Å². The molecule has 8 nitrogen and oxygen atoms in total. The maximum absolute atomic E-state index is 13.8. The van der Waals surface area contributed by atoms with Crippen molar-refractivity contribution >= 4 is 34.4 Å². The summed E-state index contributed by atoms with van der Waals surface area (Å²) in [5.74, 6) is -0.218. The summed E-state index contributed by atoms with van der Waals surface area (Å²) in [6, 6.07) is 16.3. The second-order valence-electron chi connectivity index (χ2n) is 9.01. The molecule has 0 saturated carbocycles. The third-order valence-corrected chi connectivity index (χ3v) is 6.51. The minimum atomic E-state index is -0.307. The van der Waals surface area contributed by atoms with Gasteiger partial charge in [-0.2, -0.15) is 0 Å². The summed E-state index contributed by atoms with van der Waals surface area (Å²) in [5.41, 5.74) is 4.58. The molecule has 1 atom stereocenters. The number of nitrogens with zero attached hydrogens (tertiary/aromatic N) is 5. The van der Waals surface area contributed by atoms with Gasteiger partial charge in [-0.3, -0.25) is 4.79 Å². The number of amides is 1. The lowest BCUT2D eigenvalue weighted by Gasteiger charge is -2.29. The standard InChI is InChI=1S/C27H28FN7O/c1-4-26(36)31-23-15-20(8-10-25(23)34(3)22-12-13-33(2)17-22)30-27-29-16-21-9-11-24(35(21)32-27)18-6-5-7-19(28)14-18/h4-11,14-16,22H,1,12-13,17H2,2-3H3,(H,30,32)(H,31,36). The van der Waals surface area contributed by atoms with Gasteiger partial charge in [-0.15, -0.1) is 5.10 Å². The van der Waals surface area contributed by atoms with E-state index in [4.69, 9.17) is 0 Å². The second kappa shape index (κ2) is 9.79. The zero-order valence-corrected chi connectivity index (χ0v) is 20.3. The van der Waals surface area contributed by atoms with Crippen molar-refractivity contribution in [1.82, 2.24) is 19.5 Å². The van der Waals surface area contributed by atoms with Crippen LogP contribution in [0.3, 0.4) is 0 Å². The van der Waals surface area contributed by atoms with Crippen molar-refractivity contribution < 1.29 is 9.18 Å². The Hall–Kier alpha value is -4.24. The molecule has 1 aliphatic rings. The number of likely N-dealkylation sites (N-methyl/N-ethyl adjacent to an activating group) is 2. The fraction of sp³-hybridized carbons (Fsp3) is 0.222. The smallest absolute Gasteiger partial charge is 0.247 e. The number of carbonyl (C=O) groups excluding carboxylic acids is 1. The molecule has 2 N–H and O–H groups in total. The van der Waals surface area contributed by atoms with Crippen molar-refractivity contribution in [2.45, 2.75) is 12.5 Å². The van der Waals surface area contributed by atoms with Gasteiger partial charge in [0.1, 0.15) is 5.82 Å². The van der Waals surface area contributed by atoms with E-state index in [9.17, 15) is 9.18 Å². The van der Waals surface area contributed by atoms with E-state index >= 15 is 0 Å². The van der Waals surface area contributed by atoms with Gasteiger partial charge >= 0.3 is 0 Å². The molecule has 5 rings (SSSR count). The average molecular weight is 486 g/mol. The van der Waals surface area contributed by atoms with Crippen LogP contribution in [0.5, 0.6) is 0 Å². The Bertz CT molecular complexity index is 1430. The first-order valence-electron chi connectivity index (χ1n) is 11.8. The van der Waals surface area contributed by atoms with Gasteiger partial charge in [0.05, 0.1) is 28.8 Å². The number of fused-ring (bicyclic) bond motifs is 1. The summed E-state index contributed by atoms with van der Waals surface area (Å²) < 4.78 is 15.5. The topological polar surface area (TPSA) is 77.8 Å². The van der Waals surface area contributed by atoms with Crippen molar-refractivity contribution in [1.29, 1.82) is 0 Å². The molecule has 3 heterocycles. The fourth-order valence-corrected chi connectivity index (χ4v) is 4.58. The maximum atomic E-state index is 13.8. The molecule has 1 saturated heterocycles. The molecule has 184 valence electrons. The van der Waals surface area contributed by atoms with Crippen molar-refractivity contribution in [3.05, 3.63) is 79.3 Å². The number of benzene rings is 2. The average Bonchev–Trinajstić information content (AvgIpc) is 3.50. The highest BCUT2D eigenvalue weighted by Crippen LogP contribution is 2.32. The minimum Gasteiger partial charge on any atom is -0.369 e. The van der Waals surface area contributed by atoms with Gasteiger partial charge in [-0.1, -0.05) is 18.7 Å². The van der Waals surface area contributed by atoms with Gasteiger partial charge < -0.3 is 20.4 Å². The minimum absolute atomic E-state index is 0.282. The third kappa shape index (κ3) is 4.78. The molecule has 0 spiro atoms. The number of anilines is 4. The van der Waals surface area contributed by atoms with E-state index in [0.717, 1.165) is 42.0 Å². The lowest BCUT2D eigenvalue weighted by atomic mass is 10.1. The Morgan fingerprint density at radius 1 is 1.22 bits per heavy atom. The summed E-state index contributed by atoms with van der Waals surface area (Å²) in [4.78, 5) is 21.1. The van der Waals surface area contributed by atoms with Crippen LogP contribution < -0.4 is 15.5 Å². The predicted molar refractivity (Wildman–Crippen MR) is 141 cm³/mol. The number of aromatic nitrogens is 3. The van der Waals surface area contributed by atoms with Gasteiger partial charge in [0.2, 0.25) is 11.9 Å². The molecule has 36 heavy (non-hydrogen) atoms. The molecule has 2 aromatic heterocycles. The van der Waals surface area contributed by atoms with Crippen LogP contribution in [0.2, 0.25) is 0 Å². The van der Waals surface area contributed by atoms with Crippen molar-refractivity contribution in [3.63, 3.8) is 0 Å². The number of hydrogen-bond donors (Lipinski definition) is 2. The Balaban J connectivity index is 1.45. The van der Waals surface area contributed by atoms with E-state index in [0.29, 0.717) is 23.4 Å². The van der Waals surface area contributed by atoms with Crippen LogP contribution in [-0.2, 0) is 4.79 Å². The molecule has 4 aromatic rings. The molecule has 0 aliphatic carbocycles. The molecule has 1 unspecified atom stereocenters. The van der Waals surface area contributed by atoms with Gasteiger partial charge in [-0.05, 0) is 68.6 Å². The van der Waals surface area contributed by atoms with Gasteiger partial charge in [0, 0.05) is 30.9 Å². The van der Waals surface area contributed by atoms with Crippen molar-refractivity contribution in [3.8, 4) is 11.3 Å². The molecule has 1 fully saturated rings. The molecule has 1 amide bonds. The highest BCUT2D eigenvalue weighted by atomic mass is 19.1. The summed E-state index contributed by atoms with van der Waals surface area (Å²) in [7, 11) is 4.16. The number of rotatable bonds is 7. The van der Waals surface area contributed by atoms with E-state index < -0.39 is 0 Å². The Kier molecular flexibility index (Phi) is 6.39. The molecule has 2 aromatic carbocycles. The van der Waals surface area contributed by atoms with E-state index in [1.54, 1.807) is 16.8 Å².